The Morgan fingerprint density at radius 1 is 1.00 bits per heavy atom. The molecule has 0 bridgehead atoms. The molecule has 1 N–H and O–H groups in total. The molecule has 4 rings (SSSR count). The van der Waals surface area contributed by atoms with Gasteiger partial charge in [-0.15, -0.1) is 0 Å². The van der Waals surface area contributed by atoms with Crippen LogP contribution in [0.15, 0.2) is 54.7 Å². The maximum atomic E-state index is 6.17. The van der Waals surface area contributed by atoms with Gasteiger partial charge in [0.05, 0.1) is 6.10 Å². The summed E-state index contributed by atoms with van der Waals surface area (Å²) in [6, 6.07) is 16.2. The molecule has 1 saturated heterocycles. The van der Waals surface area contributed by atoms with Gasteiger partial charge in [-0.1, -0.05) is 29.8 Å². The predicted molar refractivity (Wildman–Crippen MR) is 121 cm³/mol. The normalized spacial score (nSPS) is 16.9. The number of hydrogen-bond acceptors (Lipinski definition) is 3. The van der Waals surface area contributed by atoms with Crippen molar-refractivity contribution in [3.05, 3.63) is 65.3 Å². The second-order valence-corrected chi connectivity index (χ2v) is 8.40. The van der Waals surface area contributed by atoms with Crippen LogP contribution >= 0.6 is 11.6 Å². The van der Waals surface area contributed by atoms with E-state index in [1.807, 2.05) is 36.4 Å². The molecule has 154 valence electrons. The summed E-state index contributed by atoms with van der Waals surface area (Å²) in [5, 5.41) is 2.06. The smallest absolute Gasteiger partial charge is 0.119 e. The number of aromatic amines is 1. The van der Waals surface area contributed by atoms with E-state index in [-0.39, 0.29) is 6.10 Å². The highest BCUT2D eigenvalue weighted by Gasteiger charge is 2.18. The van der Waals surface area contributed by atoms with Crippen LogP contribution in [0, 0.1) is 0 Å². The Balaban J connectivity index is 1.18. The van der Waals surface area contributed by atoms with Crippen molar-refractivity contribution >= 4 is 22.5 Å². The lowest BCUT2D eigenvalue weighted by molar-refractivity contribution is 0.115. The molecule has 1 aliphatic heterocycles. The average molecular weight is 412 g/mol. The standard InChI is InChI=1S/C24H30ClN3O/c1-19(29-22-5-3-2-4-6-22)9-11-27-13-15-28(16-14-27)12-10-20-18-26-24-8-7-21(25)17-23(20)24/h2-8,17-19,26H,9-16H2,1H3. The molecule has 0 amide bonds. The first-order chi connectivity index (χ1) is 14.2. The second kappa shape index (κ2) is 9.66. The van der Waals surface area contributed by atoms with Crippen molar-refractivity contribution in [2.24, 2.45) is 0 Å². The van der Waals surface area contributed by atoms with Crippen molar-refractivity contribution < 1.29 is 4.74 Å². The van der Waals surface area contributed by atoms with Crippen LogP contribution in [-0.4, -0.2) is 60.2 Å². The number of aromatic nitrogens is 1. The number of H-pyrrole nitrogens is 1. The van der Waals surface area contributed by atoms with Crippen molar-refractivity contribution in [1.82, 2.24) is 14.8 Å². The first kappa shape index (κ1) is 20.3. The van der Waals surface area contributed by atoms with Crippen molar-refractivity contribution in [2.45, 2.75) is 25.9 Å². The lowest BCUT2D eigenvalue weighted by atomic mass is 10.1. The number of piperazine rings is 1. The maximum Gasteiger partial charge on any atom is 0.119 e. The minimum atomic E-state index is 0.240. The molecular formula is C24H30ClN3O. The Bertz CT molecular complexity index is 903. The van der Waals surface area contributed by atoms with Gasteiger partial charge < -0.3 is 19.5 Å². The van der Waals surface area contributed by atoms with Gasteiger partial charge in [0.15, 0.2) is 0 Å². The minimum absolute atomic E-state index is 0.240. The first-order valence-corrected chi connectivity index (χ1v) is 11.0. The molecule has 2 heterocycles. The largest absolute Gasteiger partial charge is 0.491 e. The summed E-state index contributed by atoms with van der Waals surface area (Å²) in [4.78, 5) is 8.49. The van der Waals surface area contributed by atoms with Gasteiger partial charge >= 0.3 is 0 Å². The van der Waals surface area contributed by atoms with Crippen molar-refractivity contribution in [3.8, 4) is 5.75 Å². The summed E-state index contributed by atoms with van der Waals surface area (Å²) in [6.07, 6.45) is 4.49. The molecule has 3 aromatic rings. The third-order valence-corrected chi connectivity index (χ3v) is 6.06. The fraction of sp³-hybridized carbons (Fsp3) is 0.417. The number of rotatable bonds is 8. The van der Waals surface area contributed by atoms with Gasteiger partial charge in [-0.2, -0.15) is 0 Å². The Labute approximate surface area is 178 Å². The third-order valence-electron chi connectivity index (χ3n) is 5.82. The van der Waals surface area contributed by atoms with Crippen molar-refractivity contribution in [3.63, 3.8) is 0 Å². The van der Waals surface area contributed by atoms with Gasteiger partial charge in [-0.05, 0) is 55.7 Å². The molecule has 1 aromatic heterocycles. The van der Waals surface area contributed by atoms with Crippen LogP contribution in [0.25, 0.3) is 10.9 Å². The molecule has 4 nitrogen and oxygen atoms in total. The highest BCUT2D eigenvalue weighted by atomic mass is 35.5. The molecule has 0 radical (unpaired) electrons. The maximum absolute atomic E-state index is 6.17. The van der Waals surface area contributed by atoms with E-state index in [4.69, 9.17) is 16.3 Å². The van der Waals surface area contributed by atoms with Crippen LogP contribution in [0.2, 0.25) is 5.02 Å². The number of para-hydroxylation sites is 1. The minimum Gasteiger partial charge on any atom is -0.491 e. The molecular weight excluding hydrogens is 382 g/mol. The summed E-state index contributed by atoms with van der Waals surface area (Å²) in [6.45, 7) is 8.91. The quantitative estimate of drug-likeness (QED) is 0.575. The average Bonchev–Trinajstić information content (AvgIpc) is 3.14. The van der Waals surface area contributed by atoms with E-state index in [2.05, 4.69) is 40.0 Å². The molecule has 0 spiro atoms. The van der Waals surface area contributed by atoms with Crippen LogP contribution in [0.3, 0.4) is 0 Å². The van der Waals surface area contributed by atoms with Crippen LogP contribution in [0.5, 0.6) is 5.75 Å². The molecule has 0 aliphatic carbocycles. The van der Waals surface area contributed by atoms with E-state index >= 15 is 0 Å². The highest BCUT2D eigenvalue weighted by Crippen LogP contribution is 2.23. The molecule has 1 unspecified atom stereocenters. The van der Waals surface area contributed by atoms with E-state index in [9.17, 15) is 0 Å². The van der Waals surface area contributed by atoms with Gasteiger partial charge in [-0.3, -0.25) is 0 Å². The zero-order valence-electron chi connectivity index (χ0n) is 17.1. The topological polar surface area (TPSA) is 31.5 Å². The summed E-state index contributed by atoms with van der Waals surface area (Å²) in [7, 11) is 0. The monoisotopic (exact) mass is 411 g/mol. The Hall–Kier alpha value is -2.01. The summed E-state index contributed by atoms with van der Waals surface area (Å²) in [5.74, 6) is 0.961. The lowest BCUT2D eigenvalue weighted by Crippen LogP contribution is -2.47. The van der Waals surface area contributed by atoms with Crippen LogP contribution in [0.1, 0.15) is 18.9 Å². The van der Waals surface area contributed by atoms with E-state index in [1.54, 1.807) is 0 Å². The van der Waals surface area contributed by atoms with Gasteiger partial charge in [0.25, 0.3) is 0 Å². The summed E-state index contributed by atoms with van der Waals surface area (Å²) >= 11 is 6.17. The number of ether oxygens (including phenoxy) is 1. The Morgan fingerprint density at radius 3 is 2.48 bits per heavy atom. The number of nitrogens with zero attached hydrogens (tertiary/aromatic N) is 2. The molecule has 0 saturated carbocycles. The van der Waals surface area contributed by atoms with Crippen LogP contribution in [-0.2, 0) is 6.42 Å². The van der Waals surface area contributed by atoms with Gasteiger partial charge in [-0.25, -0.2) is 0 Å². The SMILES string of the molecule is CC(CCN1CCN(CCc2c[nH]c3ccc(Cl)cc23)CC1)Oc1ccccc1. The first-order valence-electron chi connectivity index (χ1n) is 10.6. The molecule has 1 fully saturated rings. The molecule has 1 atom stereocenters. The molecule has 29 heavy (non-hydrogen) atoms. The van der Waals surface area contributed by atoms with Gasteiger partial charge in [0.1, 0.15) is 5.75 Å². The third kappa shape index (κ3) is 5.53. The fourth-order valence-electron chi connectivity index (χ4n) is 4.03. The predicted octanol–water partition coefficient (Wildman–Crippen LogP) is 4.84. The fourth-order valence-corrected chi connectivity index (χ4v) is 4.20. The Morgan fingerprint density at radius 2 is 1.72 bits per heavy atom. The molecule has 1 aliphatic rings. The van der Waals surface area contributed by atoms with Crippen LogP contribution < -0.4 is 4.74 Å². The lowest BCUT2D eigenvalue weighted by Gasteiger charge is -2.35. The number of nitrogens with one attached hydrogen (secondary N) is 1. The van der Waals surface area contributed by atoms with Crippen LogP contribution in [0.4, 0.5) is 0 Å². The van der Waals surface area contributed by atoms with Crippen molar-refractivity contribution in [2.75, 3.05) is 39.3 Å². The van der Waals surface area contributed by atoms with Gasteiger partial charge in [0.2, 0.25) is 0 Å². The summed E-state index contributed by atoms with van der Waals surface area (Å²) in [5.41, 5.74) is 2.53. The zero-order valence-corrected chi connectivity index (χ0v) is 17.9. The highest BCUT2D eigenvalue weighted by molar-refractivity contribution is 6.31. The number of hydrogen-bond donors (Lipinski definition) is 1. The zero-order chi connectivity index (χ0) is 20.1. The van der Waals surface area contributed by atoms with Crippen molar-refractivity contribution in [1.29, 1.82) is 0 Å². The number of halogens is 1. The van der Waals surface area contributed by atoms with E-state index < -0.39 is 0 Å². The molecule has 2 aromatic carbocycles. The number of benzene rings is 2. The van der Waals surface area contributed by atoms with E-state index in [1.165, 1.54) is 16.5 Å². The Kier molecular flexibility index (Phi) is 6.75. The van der Waals surface area contributed by atoms with E-state index in [0.717, 1.165) is 62.9 Å². The second-order valence-electron chi connectivity index (χ2n) is 7.97. The summed E-state index contributed by atoms with van der Waals surface area (Å²) < 4.78 is 6.00. The number of fused-ring (bicyclic) bond motifs is 1. The molecule has 5 heteroatoms. The van der Waals surface area contributed by atoms with E-state index in [0.29, 0.717) is 0 Å². The van der Waals surface area contributed by atoms with Gasteiger partial charge in [0, 0.05) is 61.4 Å².